The van der Waals surface area contributed by atoms with Crippen molar-refractivity contribution in [2.45, 2.75) is 19.3 Å². The van der Waals surface area contributed by atoms with Crippen LogP contribution in [0.3, 0.4) is 0 Å². The molecule has 0 radical (unpaired) electrons. The Hall–Kier alpha value is -1.07. The minimum absolute atomic E-state index is 0. The molecule has 0 saturated carbocycles. The summed E-state index contributed by atoms with van der Waals surface area (Å²) in [6.07, 6.45) is 6.91. The number of hydrogen-bond donors (Lipinski definition) is 2. The molecule has 1 aromatic heterocycles. The maximum absolute atomic E-state index is 11.7. The van der Waals surface area contributed by atoms with E-state index >= 15 is 0 Å². The van der Waals surface area contributed by atoms with Gasteiger partial charge in [-0.05, 0) is 38.3 Å². The summed E-state index contributed by atoms with van der Waals surface area (Å²) >= 11 is 0. The maximum Gasteiger partial charge on any atom is 0.254 e. The fraction of sp³-hybridized carbons (Fsp3) is 0.667. The molecule has 2 heterocycles. The lowest BCUT2D eigenvalue weighted by atomic mass is 9.96. The van der Waals surface area contributed by atoms with Crippen LogP contribution in [0.5, 0.6) is 0 Å². The minimum Gasteiger partial charge on any atom is -0.352 e. The number of piperidine rings is 1. The Bertz CT molecular complexity index is 374. The predicted molar refractivity (Wildman–Crippen MR) is 73.0 cm³/mol. The molecule has 1 unspecified atom stereocenters. The number of halogens is 1. The smallest absolute Gasteiger partial charge is 0.254 e. The van der Waals surface area contributed by atoms with E-state index < -0.39 is 0 Å². The molecule has 1 saturated heterocycles. The van der Waals surface area contributed by atoms with E-state index in [1.54, 1.807) is 17.1 Å². The van der Waals surface area contributed by atoms with Gasteiger partial charge >= 0.3 is 0 Å². The number of carbonyl (C=O) groups excluding carboxylic acids is 1. The number of amides is 1. The van der Waals surface area contributed by atoms with Gasteiger partial charge in [0.25, 0.3) is 5.91 Å². The van der Waals surface area contributed by atoms with Gasteiger partial charge in [-0.15, -0.1) is 12.4 Å². The second-order valence-electron chi connectivity index (χ2n) is 4.66. The van der Waals surface area contributed by atoms with Crippen molar-refractivity contribution in [1.82, 2.24) is 20.4 Å². The van der Waals surface area contributed by atoms with Gasteiger partial charge in [-0.1, -0.05) is 0 Å². The van der Waals surface area contributed by atoms with Crippen LogP contribution in [-0.2, 0) is 7.05 Å². The van der Waals surface area contributed by atoms with Crippen LogP contribution in [0.2, 0.25) is 0 Å². The first-order valence-corrected chi connectivity index (χ1v) is 6.23. The number of hydrogen-bond acceptors (Lipinski definition) is 3. The van der Waals surface area contributed by atoms with Gasteiger partial charge in [0.2, 0.25) is 0 Å². The summed E-state index contributed by atoms with van der Waals surface area (Å²) in [4.78, 5) is 11.7. The fourth-order valence-electron chi connectivity index (χ4n) is 2.20. The molecule has 1 amide bonds. The molecule has 2 N–H and O–H groups in total. The third-order valence-electron chi connectivity index (χ3n) is 3.20. The quantitative estimate of drug-likeness (QED) is 0.858. The summed E-state index contributed by atoms with van der Waals surface area (Å²) in [7, 11) is 1.81. The second kappa shape index (κ2) is 7.38. The molecule has 2 rings (SSSR count). The second-order valence-corrected chi connectivity index (χ2v) is 4.66. The zero-order chi connectivity index (χ0) is 12.1. The Kier molecular flexibility index (Phi) is 6.15. The van der Waals surface area contributed by atoms with E-state index in [0.717, 1.165) is 26.1 Å². The number of nitrogens with zero attached hydrogens (tertiary/aromatic N) is 2. The highest BCUT2D eigenvalue weighted by molar-refractivity contribution is 5.93. The van der Waals surface area contributed by atoms with Gasteiger partial charge in [0, 0.05) is 19.8 Å². The summed E-state index contributed by atoms with van der Waals surface area (Å²) in [5, 5.41) is 10.3. The van der Waals surface area contributed by atoms with Crippen molar-refractivity contribution < 1.29 is 4.79 Å². The van der Waals surface area contributed by atoms with Crippen LogP contribution in [0.15, 0.2) is 12.4 Å². The van der Waals surface area contributed by atoms with Gasteiger partial charge in [-0.3, -0.25) is 9.48 Å². The molecule has 1 atom stereocenters. The lowest BCUT2D eigenvalue weighted by molar-refractivity contribution is 0.0950. The Labute approximate surface area is 114 Å². The normalized spacial score (nSPS) is 19.1. The van der Waals surface area contributed by atoms with E-state index in [1.165, 1.54) is 12.8 Å². The zero-order valence-corrected chi connectivity index (χ0v) is 11.5. The average molecular weight is 273 g/mol. The third kappa shape index (κ3) is 4.31. The van der Waals surface area contributed by atoms with E-state index in [0.29, 0.717) is 11.5 Å². The average Bonchev–Trinajstić information content (AvgIpc) is 2.77. The van der Waals surface area contributed by atoms with E-state index in [-0.39, 0.29) is 18.3 Å². The molecule has 1 aliphatic rings. The Balaban J connectivity index is 0.00000162. The summed E-state index contributed by atoms with van der Waals surface area (Å²) in [6, 6.07) is 0. The number of rotatable bonds is 4. The van der Waals surface area contributed by atoms with Crippen molar-refractivity contribution in [1.29, 1.82) is 0 Å². The topological polar surface area (TPSA) is 59.0 Å². The molecule has 0 aliphatic carbocycles. The molecular weight excluding hydrogens is 252 g/mol. The van der Waals surface area contributed by atoms with Gasteiger partial charge in [0.15, 0.2) is 0 Å². The van der Waals surface area contributed by atoms with Crippen molar-refractivity contribution in [3.05, 3.63) is 18.0 Å². The number of carbonyl (C=O) groups is 1. The van der Waals surface area contributed by atoms with Crippen LogP contribution in [0, 0.1) is 5.92 Å². The highest BCUT2D eigenvalue weighted by Gasteiger charge is 2.13. The largest absolute Gasteiger partial charge is 0.352 e. The van der Waals surface area contributed by atoms with Crippen molar-refractivity contribution in [3.8, 4) is 0 Å². The Morgan fingerprint density at radius 1 is 1.67 bits per heavy atom. The molecule has 0 bridgehead atoms. The molecule has 0 spiro atoms. The summed E-state index contributed by atoms with van der Waals surface area (Å²) in [5.41, 5.74) is 0.634. The summed E-state index contributed by atoms with van der Waals surface area (Å²) in [5.74, 6) is 0.680. The van der Waals surface area contributed by atoms with Crippen LogP contribution < -0.4 is 10.6 Å². The number of aromatic nitrogens is 2. The minimum atomic E-state index is -0.0260. The third-order valence-corrected chi connectivity index (χ3v) is 3.20. The fourth-order valence-corrected chi connectivity index (χ4v) is 2.20. The lowest BCUT2D eigenvalue weighted by Crippen LogP contribution is -2.33. The van der Waals surface area contributed by atoms with Crippen LogP contribution in [0.25, 0.3) is 0 Å². The van der Waals surface area contributed by atoms with Crippen molar-refractivity contribution in [2.75, 3.05) is 19.6 Å². The number of nitrogens with one attached hydrogen (secondary N) is 2. The van der Waals surface area contributed by atoms with Gasteiger partial charge in [0.05, 0.1) is 11.8 Å². The van der Waals surface area contributed by atoms with E-state index in [4.69, 9.17) is 0 Å². The van der Waals surface area contributed by atoms with Crippen molar-refractivity contribution in [3.63, 3.8) is 0 Å². The van der Waals surface area contributed by atoms with Gasteiger partial charge < -0.3 is 10.6 Å². The molecule has 6 heteroatoms. The zero-order valence-electron chi connectivity index (χ0n) is 10.7. The molecule has 5 nitrogen and oxygen atoms in total. The molecule has 0 aromatic carbocycles. The standard InChI is InChI=1S/C12H20N4O.ClH/c1-16-9-11(8-15-16)12(17)14-6-4-10-3-2-5-13-7-10;/h8-10,13H,2-7H2,1H3,(H,14,17);1H. The Morgan fingerprint density at radius 3 is 3.11 bits per heavy atom. The maximum atomic E-state index is 11.7. The van der Waals surface area contributed by atoms with Gasteiger partial charge in [0.1, 0.15) is 0 Å². The summed E-state index contributed by atoms with van der Waals surface area (Å²) in [6.45, 7) is 2.97. The first-order valence-electron chi connectivity index (χ1n) is 6.23. The summed E-state index contributed by atoms with van der Waals surface area (Å²) < 4.78 is 1.64. The van der Waals surface area contributed by atoms with Gasteiger partial charge in [-0.25, -0.2) is 0 Å². The molecule has 1 aromatic rings. The molecule has 18 heavy (non-hydrogen) atoms. The van der Waals surface area contributed by atoms with E-state index in [9.17, 15) is 4.79 Å². The molecule has 1 fully saturated rings. The van der Waals surface area contributed by atoms with Crippen LogP contribution in [0.1, 0.15) is 29.6 Å². The first-order chi connectivity index (χ1) is 8.25. The highest BCUT2D eigenvalue weighted by Crippen LogP contribution is 2.12. The van der Waals surface area contributed by atoms with Gasteiger partial charge in [-0.2, -0.15) is 5.10 Å². The van der Waals surface area contributed by atoms with E-state index in [1.807, 2.05) is 7.05 Å². The Morgan fingerprint density at radius 2 is 2.50 bits per heavy atom. The lowest BCUT2D eigenvalue weighted by Gasteiger charge is -2.22. The molecular formula is C12H21ClN4O. The SMILES string of the molecule is Cl.Cn1cc(C(=O)NCCC2CCCNC2)cn1. The first kappa shape index (κ1) is 15.0. The van der Waals surface area contributed by atoms with E-state index in [2.05, 4.69) is 15.7 Å². The van der Waals surface area contributed by atoms with Crippen LogP contribution >= 0.6 is 12.4 Å². The molecule has 1 aliphatic heterocycles. The predicted octanol–water partition coefficient (Wildman–Crippen LogP) is 0.961. The highest BCUT2D eigenvalue weighted by atomic mass is 35.5. The molecule has 102 valence electrons. The number of aryl methyl sites for hydroxylation is 1. The van der Waals surface area contributed by atoms with Crippen molar-refractivity contribution in [2.24, 2.45) is 13.0 Å². The van der Waals surface area contributed by atoms with Crippen LogP contribution in [-0.4, -0.2) is 35.3 Å². The monoisotopic (exact) mass is 272 g/mol. The van der Waals surface area contributed by atoms with Crippen LogP contribution in [0.4, 0.5) is 0 Å². The van der Waals surface area contributed by atoms with Crippen molar-refractivity contribution >= 4 is 18.3 Å².